The molecule has 0 aliphatic carbocycles. The van der Waals surface area contributed by atoms with Crippen LogP contribution in [0.4, 0.5) is 11.9 Å². The standard InChI is InChI=1S/C13H19N7O/c1-3-14-11-17-12(16-10-5-8-21-9(10)2)19-13(18-11)20-7-4-6-15-20/h4,6-7,9-10H,3,5,8H2,1-2H3,(H2,14,16,17,18,19). The molecule has 0 bridgehead atoms. The minimum atomic E-state index is 0.150. The molecule has 2 aromatic heterocycles. The van der Waals surface area contributed by atoms with Gasteiger partial charge in [0, 0.05) is 25.5 Å². The zero-order valence-corrected chi connectivity index (χ0v) is 12.2. The van der Waals surface area contributed by atoms with Crippen molar-refractivity contribution in [3.05, 3.63) is 18.5 Å². The number of hydrogen-bond acceptors (Lipinski definition) is 7. The van der Waals surface area contributed by atoms with Crippen molar-refractivity contribution in [1.82, 2.24) is 24.7 Å². The van der Waals surface area contributed by atoms with Gasteiger partial charge < -0.3 is 15.4 Å². The van der Waals surface area contributed by atoms with E-state index < -0.39 is 0 Å². The third-order valence-corrected chi connectivity index (χ3v) is 3.36. The minimum absolute atomic E-state index is 0.150. The van der Waals surface area contributed by atoms with Crippen LogP contribution in [-0.2, 0) is 4.74 Å². The molecule has 3 heterocycles. The van der Waals surface area contributed by atoms with Crippen molar-refractivity contribution in [2.24, 2.45) is 0 Å². The van der Waals surface area contributed by atoms with E-state index in [0.717, 1.165) is 19.6 Å². The number of anilines is 2. The average molecular weight is 289 g/mol. The molecule has 2 unspecified atom stereocenters. The summed E-state index contributed by atoms with van der Waals surface area (Å²) in [6.45, 7) is 5.55. The first kappa shape index (κ1) is 13.7. The third kappa shape index (κ3) is 3.10. The number of nitrogens with one attached hydrogen (secondary N) is 2. The van der Waals surface area contributed by atoms with E-state index in [2.05, 4.69) is 30.7 Å². The molecular weight excluding hydrogens is 270 g/mol. The minimum Gasteiger partial charge on any atom is -0.376 e. The quantitative estimate of drug-likeness (QED) is 0.851. The first-order valence-corrected chi connectivity index (χ1v) is 7.14. The van der Waals surface area contributed by atoms with Crippen molar-refractivity contribution >= 4 is 11.9 Å². The van der Waals surface area contributed by atoms with Gasteiger partial charge >= 0.3 is 0 Å². The van der Waals surface area contributed by atoms with Crippen LogP contribution in [0.15, 0.2) is 18.5 Å². The molecule has 0 saturated carbocycles. The smallest absolute Gasteiger partial charge is 0.257 e. The van der Waals surface area contributed by atoms with Gasteiger partial charge in [-0.3, -0.25) is 0 Å². The van der Waals surface area contributed by atoms with Gasteiger partial charge in [-0.15, -0.1) is 0 Å². The van der Waals surface area contributed by atoms with E-state index in [4.69, 9.17) is 4.74 Å². The monoisotopic (exact) mass is 289 g/mol. The van der Waals surface area contributed by atoms with Crippen molar-refractivity contribution in [3.8, 4) is 5.95 Å². The highest BCUT2D eigenvalue weighted by Crippen LogP contribution is 2.18. The first-order valence-electron chi connectivity index (χ1n) is 7.14. The van der Waals surface area contributed by atoms with Crippen molar-refractivity contribution < 1.29 is 4.74 Å². The molecule has 1 aliphatic rings. The average Bonchev–Trinajstić information content (AvgIpc) is 3.12. The van der Waals surface area contributed by atoms with Crippen molar-refractivity contribution in [2.75, 3.05) is 23.8 Å². The Morgan fingerprint density at radius 2 is 2.19 bits per heavy atom. The molecule has 8 heteroatoms. The van der Waals surface area contributed by atoms with Crippen LogP contribution in [0.2, 0.25) is 0 Å². The molecule has 112 valence electrons. The molecule has 2 aromatic rings. The lowest BCUT2D eigenvalue weighted by atomic mass is 10.2. The van der Waals surface area contributed by atoms with E-state index in [1.807, 2.05) is 19.9 Å². The van der Waals surface area contributed by atoms with Crippen LogP contribution in [-0.4, -0.2) is 50.0 Å². The lowest BCUT2D eigenvalue weighted by Crippen LogP contribution is -2.28. The second-order valence-electron chi connectivity index (χ2n) is 4.88. The van der Waals surface area contributed by atoms with Gasteiger partial charge in [-0.25, -0.2) is 4.68 Å². The zero-order chi connectivity index (χ0) is 14.7. The van der Waals surface area contributed by atoms with E-state index in [9.17, 15) is 0 Å². The van der Waals surface area contributed by atoms with Crippen LogP contribution in [0, 0.1) is 0 Å². The lowest BCUT2D eigenvalue weighted by Gasteiger charge is -2.16. The molecule has 0 aromatic carbocycles. The number of nitrogens with zero attached hydrogens (tertiary/aromatic N) is 5. The van der Waals surface area contributed by atoms with Crippen LogP contribution in [0.3, 0.4) is 0 Å². The van der Waals surface area contributed by atoms with E-state index in [-0.39, 0.29) is 12.1 Å². The highest BCUT2D eigenvalue weighted by molar-refractivity contribution is 5.38. The summed E-state index contributed by atoms with van der Waals surface area (Å²) in [4.78, 5) is 13.2. The van der Waals surface area contributed by atoms with Crippen molar-refractivity contribution in [2.45, 2.75) is 32.4 Å². The summed E-state index contributed by atoms with van der Waals surface area (Å²) in [5, 5.41) is 10.6. The maximum atomic E-state index is 5.55. The van der Waals surface area contributed by atoms with Gasteiger partial charge in [0.2, 0.25) is 11.9 Å². The van der Waals surface area contributed by atoms with Gasteiger partial charge in [0.15, 0.2) is 0 Å². The largest absolute Gasteiger partial charge is 0.376 e. The summed E-state index contributed by atoms with van der Waals surface area (Å²) >= 11 is 0. The Morgan fingerprint density at radius 3 is 2.86 bits per heavy atom. The Morgan fingerprint density at radius 1 is 1.33 bits per heavy atom. The molecule has 0 radical (unpaired) electrons. The molecule has 8 nitrogen and oxygen atoms in total. The third-order valence-electron chi connectivity index (χ3n) is 3.36. The maximum Gasteiger partial charge on any atom is 0.257 e. The fourth-order valence-corrected chi connectivity index (χ4v) is 2.24. The van der Waals surface area contributed by atoms with Crippen LogP contribution in [0.5, 0.6) is 0 Å². The van der Waals surface area contributed by atoms with E-state index >= 15 is 0 Å². The number of aromatic nitrogens is 5. The predicted octanol–water partition coefficient (Wildman–Crippen LogP) is 1.08. The van der Waals surface area contributed by atoms with Crippen LogP contribution in [0.1, 0.15) is 20.3 Å². The predicted molar refractivity (Wildman–Crippen MR) is 78.6 cm³/mol. The highest BCUT2D eigenvalue weighted by Gasteiger charge is 2.25. The van der Waals surface area contributed by atoms with Gasteiger partial charge in [0.25, 0.3) is 5.95 Å². The fraction of sp³-hybridized carbons (Fsp3) is 0.538. The van der Waals surface area contributed by atoms with Gasteiger partial charge in [-0.05, 0) is 26.3 Å². The Bertz CT molecular complexity index is 586. The molecule has 1 saturated heterocycles. The summed E-state index contributed by atoms with van der Waals surface area (Å²) < 4.78 is 7.16. The second-order valence-corrected chi connectivity index (χ2v) is 4.88. The van der Waals surface area contributed by atoms with E-state index in [1.165, 1.54) is 0 Å². The SMILES string of the molecule is CCNc1nc(NC2CCOC2C)nc(-n2cccn2)n1. The van der Waals surface area contributed by atoms with E-state index in [0.29, 0.717) is 17.8 Å². The van der Waals surface area contributed by atoms with Gasteiger partial charge in [0.1, 0.15) is 0 Å². The topological polar surface area (TPSA) is 89.8 Å². The lowest BCUT2D eigenvalue weighted by molar-refractivity contribution is 0.121. The summed E-state index contributed by atoms with van der Waals surface area (Å²) in [5.74, 6) is 1.56. The van der Waals surface area contributed by atoms with E-state index in [1.54, 1.807) is 17.1 Å². The van der Waals surface area contributed by atoms with Gasteiger partial charge in [-0.1, -0.05) is 0 Å². The van der Waals surface area contributed by atoms with Crippen LogP contribution >= 0.6 is 0 Å². The van der Waals surface area contributed by atoms with Crippen molar-refractivity contribution in [3.63, 3.8) is 0 Å². The summed E-state index contributed by atoms with van der Waals surface area (Å²) in [6, 6.07) is 2.05. The van der Waals surface area contributed by atoms with Gasteiger partial charge in [0.05, 0.1) is 12.1 Å². The molecular formula is C13H19N7O. The molecule has 1 fully saturated rings. The number of ether oxygens (including phenoxy) is 1. The summed E-state index contributed by atoms with van der Waals surface area (Å²) in [5.41, 5.74) is 0. The van der Waals surface area contributed by atoms with Crippen molar-refractivity contribution in [1.29, 1.82) is 0 Å². The van der Waals surface area contributed by atoms with Crippen LogP contribution in [0.25, 0.3) is 5.95 Å². The molecule has 3 rings (SSSR count). The molecule has 21 heavy (non-hydrogen) atoms. The normalized spacial score (nSPS) is 21.4. The fourth-order valence-electron chi connectivity index (χ4n) is 2.24. The second kappa shape index (κ2) is 6.04. The first-order chi connectivity index (χ1) is 10.3. The highest BCUT2D eigenvalue weighted by atomic mass is 16.5. The van der Waals surface area contributed by atoms with Gasteiger partial charge in [-0.2, -0.15) is 20.1 Å². The molecule has 0 amide bonds. The number of hydrogen-bond donors (Lipinski definition) is 2. The number of rotatable bonds is 5. The summed E-state index contributed by atoms with van der Waals surface area (Å²) in [7, 11) is 0. The zero-order valence-electron chi connectivity index (χ0n) is 12.2. The maximum absolute atomic E-state index is 5.55. The Balaban J connectivity index is 1.88. The molecule has 0 spiro atoms. The summed E-state index contributed by atoms with van der Waals surface area (Å²) in [6.07, 6.45) is 4.59. The Hall–Kier alpha value is -2.22. The Labute approximate surface area is 123 Å². The van der Waals surface area contributed by atoms with Crippen LogP contribution < -0.4 is 10.6 Å². The Kier molecular flexibility index (Phi) is 3.96. The molecule has 1 aliphatic heterocycles. The molecule has 2 atom stereocenters. The molecule has 2 N–H and O–H groups in total.